The molecule has 7 heteroatoms. The van der Waals surface area contributed by atoms with Gasteiger partial charge in [0.2, 0.25) is 5.91 Å². The summed E-state index contributed by atoms with van der Waals surface area (Å²) in [5, 5.41) is 8.69. The van der Waals surface area contributed by atoms with Gasteiger partial charge >= 0.3 is 0 Å². The lowest BCUT2D eigenvalue weighted by Gasteiger charge is -2.08. The molecule has 25 heavy (non-hydrogen) atoms. The third-order valence-corrected chi connectivity index (χ3v) is 5.24. The molecule has 2 N–H and O–H groups in total. The maximum absolute atomic E-state index is 12.3. The predicted molar refractivity (Wildman–Crippen MR) is 97.3 cm³/mol. The maximum Gasteiger partial charge on any atom is 0.262 e. The molecule has 0 bridgehead atoms. The Kier molecular flexibility index (Phi) is 4.33. The standard InChI is InChI=1S/C18H18N4O2S/c23-16(20-8-12-1-2-13-9-19-10-14(13)7-12)3-5-22-11-21-17-15(18(22)24)4-6-25-17/h1-2,4,6-7,11,19H,3,5,8-10H2,(H,20,23). The molecule has 0 unspecified atom stereocenters. The largest absolute Gasteiger partial charge is 0.352 e. The van der Waals surface area contributed by atoms with Crippen LogP contribution in [0.5, 0.6) is 0 Å². The number of carbonyl (C=O) groups excluding carboxylic acids is 1. The Labute approximate surface area is 148 Å². The summed E-state index contributed by atoms with van der Waals surface area (Å²) in [4.78, 5) is 29.4. The van der Waals surface area contributed by atoms with Crippen LogP contribution in [0.15, 0.2) is 40.8 Å². The molecule has 0 saturated carbocycles. The van der Waals surface area contributed by atoms with E-state index in [0.29, 0.717) is 18.5 Å². The molecule has 128 valence electrons. The number of nitrogens with zero attached hydrogens (tertiary/aromatic N) is 2. The van der Waals surface area contributed by atoms with Crippen molar-refractivity contribution in [3.63, 3.8) is 0 Å². The Morgan fingerprint density at radius 1 is 1.28 bits per heavy atom. The van der Waals surface area contributed by atoms with Gasteiger partial charge in [-0.05, 0) is 28.1 Å². The second-order valence-corrected chi connectivity index (χ2v) is 7.01. The number of amides is 1. The topological polar surface area (TPSA) is 76.0 Å². The van der Waals surface area contributed by atoms with Gasteiger partial charge in [-0.1, -0.05) is 18.2 Å². The lowest BCUT2D eigenvalue weighted by molar-refractivity contribution is -0.121. The smallest absolute Gasteiger partial charge is 0.262 e. The third kappa shape index (κ3) is 3.33. The van der Waals surface area contributed by atoms with E-state index in [4.69, 9.17) is 0 Å². The molecule has 2 aromatic heterocycles. The number of hydrogen-bond donors (Lipinski definition) is 2. The Bertz CT molecular complexity index is 992. The zero-order valence-electron chi connectivity index (χ0n) is 13.6. The molecule has 1 aromatic carbocycles. The van der Waals surface area contributed by atoms with Crippen LogP contribution in [0, 0.1) is 0 Å². The van der Waals surface area contributed by atoms with E-state index < -0.39 is 0 Å². The van der Waals surface area contributed by atoms with E-state index in [0.717, 1.165) is 23.5 Å². The number of thiophene rings is 1. The van der Waals surface area contributed by atoms with Gasteiger partial charge in [-0.3, -0.25) is 14.2 Å². The average Bonchev–Trinajstić information content (AvgIpc) is 3.28. The molecular weight excluding hydrogens is 336 g/mol. The number of aromatic nitrogens is 2. The normalized spacial score (nSPS) is 13.1. The minimum atomic E-state index is -0.0924. The van der Waals surface area contributed by atoms with Crippen molar-refractivity contribution in [1.29, 1.82) is 0 Å². The maximum atomic E-state index is 12.3. The molecular formula is C18H18N4O2S. The van der Waals surface area contributed by atoms with Gasteiger partial charge in [-0.2, -0.15) is 0 Å². The Hall–Kier alpha value is -2.51. The molecule has 0 saturated heterocycles. The fourth-order valence-corrected chi connectivity index (χ4v) is 3.75. The highest BCUT2D eigenvalue weighted by Crippen LogP contribution is 2.17. The Morgan fingerprint density at radius 3 is 3.08 bits per heavy atom. The second kappa shape index (κ2) is 6.78. The van der Waals surface area contributed by atoms with Crippen molar-refractivity contribution >= 4 is 27.5 Å². The van der Waals surface area contributed by atoms with Crippen LogP contribution in [-0.2, 0) is 31.0 Å². The monoisotopic (exact) mass is 354 g/mol. The first kappa shape index (κ1) is 16.0. The molecule has 1 aliphatic heterocycles. The van der Waals surface area contributed by atoms with Crippen molar-refractivity contribution in [2.75, 3.05) is 0 Å². The van der Waals surface area contributed by atoms with Gasteiger partial charge in [0.05, 0.1) is 11.7 Å². The fourth-order valence-electron chi connectivity index (χ4n) is 3.02. The molecule has 1 amide bonds. The van der Waals surface area contributed by atoms with Crippen LogP contribution in [0.25, 0.3) is 10.2 Å². The number of fused-ring (bicyclic) bond motifs is 2. The van der Waals surface area contributed by atoms with Gasteiger partial charge in [-0.25, -0.2) is 4.98 Å². The number of hydrogen-bond acceptors (Lipinski definition) is 5. The molecule has 0 fully saturated rings. The quantitative estimate of drug-likeness (QED) is 0.732. The first-order valence-corrected chi connectivity index (χ1v) is 9.09. The number of aryl methyl sites for hydroxylation is 1. The predicted octanol–water partition coefficient (Wildman–Crippen LogP) is 1.77. The highest BCUT2D eigenvalue weighted by atomic mass is 32.1. The molecule has 3 aromatic rings. The lowest BCUT2D eigenvalue weighted by atomic mass is 10.1. The minimum absolute atomic E-state index is 0.0732. The van der Waals surface area contributed by atoms with E-state index in [2.05, 4.69) is 27.8 Å². The van der Waals surface area contributed by atoms with Gasteiger partial charge in [0.15, 0.2) is 0 Å². The summed E-state index contributed by atoms with van der Waals surface area (Å²) in [5.41, 5.74) is 3.62. The number of benzene rings is 1. The third-order valence-electron chi connectivity index (χ3n) is 4.42. The first-order chi connectivity index (χ1) is 12.2. The van der Waals surface area contributed by atoms with Crippen LogP contribution in [0.1, 0.15) is 23.1 Å². The Morgan fingerprint density at radius 2 is 2.16 bits per heavy atom. The highest BCUT2D eigenvalue weighted by Gasteiger charge is 2.11. The molecule has 4 rings (SSSR count). The van der Waals surface area contributed by atoms with E-state index in [1.54, 1.807) is 6.07 Å². The molecule has 0 aliphatic carbocycles. The molecule has 6 nitrogen and oxygen atoms in total. The average molecular weight is 354 g/mol. The molecule has 1 aliphatic rings. The number of carbonyl (C=O) groups is 1. The fraction of sp³-hybridized carbons (Fsp3) is 0.278. The van der Waals surface area contributed by atoms with E-state index in [1.807, 2.05) is 11.4 Å². The molecule has 0 radical (unpaired) electrons. The molecule has 0 atom stereocenters. The van der Waals surface area contributed by atoms with Crippen LogP contribution in [0.4, 0.5) is 0 Å². The summed E-state index contributed by atoms with van der Waals surface area (Å²) in [6, 6.07) is 8.06. The van der Waals surface area contributed by atoms with Crippen LogP contribution in [0.3, 0.4) is 0 Å². The number of rotatable bonds is 5. The summed E-state index contributed by atoms with van der Waals surface area (Å²) in [6.45, 7) is 2.64. The van der Waals surface area contributed by atoms with Gasteiger partial charge in [0.25, 0.3) is 5.56 Å². The zero-order chi connectivity index (χ0) is 17.2. The first-order valence-electron chi connectivity index (χ1n) is 8.21. The zero-order valence-corrected chi connectivity index (χ0v) is 14.4. The van der Waals surface area contributed by atoms with Crippen LogP contribution in [0.2, 0.25) is 0 Å². The van der Waals surface area contributed by atoms with Crippen LogP contribution >= 0.6 is 11.3 Å². The van der Waals surface area contributed by atoms with Gasteiger partial charge in [-0.15, -0.1) is 11.3 Å². The highest BCUT2D eigenvalue weighted by molar-refractivity contribution is 7.16. The van der Waals surface area contributed by atoms with Gasteiger partial charge < -0.3 is 10.6 Å². The van der Waals surface area contributed by atoms with Gasteiger partial charge in [0.1, 0.15) is 4.83 Å². The van der Waals surface area contributed by atoms with Crippen LogP contribution in [-0.4, -0.2) is 15.5 Å². The summed E-state index contributed by atoms with van der Waals surface area (Å²) >= 11 is 1.44. The lowest BCUT2D eigenvalue weighted by Crippen LogP contribution is -2.27. The second-order valence-electron chi connectivity index (χ2n) is 6.12. The minimum Gasteiger partial charge on any atom is -0.352 e. The SMILES string of the molecule is O=C(CCn1cnc2sccc2c1=O)NCc1ccc2c(c1)CNC2. The van der Waals surface area contributed by atoms with Crippen LogP contribution < -0.4 is 16.2 Å². The molecule has 3 heterocycles. The summed E-state index contributed by atoms with van der Waals surface area (Å²) in [6.07, 6.45) is 1.77. The summed E-state index contributed by atoms with van der Waals surface area (Å²) < 4.78 is 1.50. The van der Waals surface area contributed by atoms with E-state index in [9.17, 15) is 9.59 Å². The van der Waals surface area contributed by atoms with E-state index in [-0.39, 0.29) is 17.9 Å². The van der Waals surface area contributed by atoms with Gasteiger partial charge in [0, 0.05) is 32.6 Å². The van der Waals surface area contributed by atoms with Crippen molar-refractivity contribution in [2.45, 2.75) is 32.6 Å². The van der Waals surface area contributed by atoms with Crippen molar-refractivity contribution in [1.82, 2.24) is 20.2 Å². The van der Waals surface area contributed by atoms with Crippen molar-refractivity contribution in [2.24, 2.45) is 0 Å². The van der Waals surface area contributed by atoms with Crippen molar-refractivity contribution < 1.29 is 4.79 Å². The van der Waals surface area contributed by atoms with E-state index >= 15 is 0 Å². The van der Waals surface area contributed by atoms with Crippen molar-refractivity contribution in [3.05, 3.63) is 63.0 Å². The van der Waals surface area contributed by atoms with E-state index in [1.165, 1.54) is 33.4 Å². The number of nitrogens with one attached hydrogen (secondary N) is 2. The Balaban J connectivity index is 1.34. The summed E-state index contributed by atoms with van der Waals surface area (Å²) in [5.74, 6) is -0.0732. The van der Waals surface area contributed by atoms with Crippen molar-refractivity contribution in [3.8, 4) is 0 Å². The summed E-state index contributed by atoms with van der Waals surface area (Å²) in [7, 11) is 0. The molecule has 0 spiro atoms.